The summed E-state index contributed by atoms with van der Waals surface area (Å²) in [6.45, 7) is 5.69. The lowest BCUT2D eigenvalue weighted by atomic mass is 10.4. The van der Waals surface area contributed by atoms with Gasteiger partial charge in [-0.25, -0.2) is 0 Å². The van der Waals surface area contributed by atoms with Crippen LogP contribution in [0.1, 0.15) is 6.92 Å². The highest BCUT2D eigenvalue weighted by molar-refractivity contribution is 5.79. The fourth-order valence-electron chi connectivity index (χ4n) is 1.03. The minimum absolute atomic E-state index is 0.840. The molecule has 0 aliphatic carbocycles. The van der Waals surface area contributed by atoms with Crippen LogP contribution in [0.4, 0.5) is 0 Å². The molecule has 0 amide bonds. The predicted octanol–water partition coefficient (Wildman–Crippen LogP) is 0.367. The number of hydrogen-bond donors (Lipinski definition) is 0. The van der Waals surface area contributed by atoms with Crippen molar-refractivity contribution < 1.29 is 4.74 Å². The second kappa shape index (κ2) is 3.56. The Labute approximate surface area is 61.7 Å². The highest BCUT2D eigenvalue weighted by Gasteiger charge is 2.09. The molecule has 0 aromatic heterocycles. The van der Waals surface area contributed by atoms with Crippen LogP contribution >= 0.6 is 0 Å². The molecule has 1 aliphatic rings. The van der Waals surface area contributed by atoms with Crippen LogP contribution in [0, 0.1) is 0 Å². The van der Waals surface area contributed by atoms with E-state index in [2.05, 4.69) is 9.89 Å². The molecule has 1 aliphatic heterocycles. The molecule has 3 heteroatoms. The lowest BCUT2D eigenvalue weighted by Gasteiger charge is -2.27. The number of morpholine rings is 1. The number of aliphatic imine (C=N–C) groups is 1. The Hall–Kier alpha value is -0.570. The van der Waals surface area contributed by atoms with E-state index in [1.807, 2.05) is 14.0 Å². The first-order valence-electron chi connectivity index (χ1n) is 3.60. The zero-order valence-corrected chi connectivity index (χ0v) is 6.63. The van der Waals surface area contributed by atoms with Gasteiger partial charge in [-0.3, -0.25) is 4.99 Å². The van der Waals surface area contributed by atoms with Gasteiger partial charge in [0.05, 0.1) is 19.0 Å². The maximum absolute atomic E-state index is 5.20. The molecule has 0 N–H and O–H groups in total. The molecule has 0 saturated carbocycles. The predicted molar refractivity (Wildman–Crippen MR) is 41.4 cm³/mol. The van der Waals surface area contributed by atoms with Gasteiger partial charge < -0.3 is 9.64 Å². The Kier molecular flexibility index (Phi) is 2.68. The van der Waals surface area contributed by atoms with Gasteiger partial charge in [-0.15, -0.1) is 0 Å². The molecule has 3 nitrogen and oxygen atoms in total. The molecule has 0 spiro atoms. The summed E-state index contributed by atoms with van der Waals surface area (Å²) in [5, 5.41) is 0. The first-order valence-corrected chi connectivity index (χ1v) is 3.60. The van der Waals surface area contributed by atoms with Gasteiger partial charge >= 0.3 is 0 Å². The lowest BCUT2D eigenvalue weighted by Crippen LogP contribution is -2.39. The second-order valence-electron chi connectivity index (χ2n) is 2.37. The fraction of sp³-hybridized carbons (Fsp3) is 0.857. The van der Waals surface area contributed by atoms with Gasteiger partial charge in [0.1, 0.15) is 0 Å². The molecule has 1 saturated heterocycles. The van der Waals surface area contributed by atoms with Crippen molar-refractivity contribution in [1.29, 1.82) is 0 Å². The summed E-state index contributed by atoms with van der Waals surface area (Å²) in [4.78, 5) is 6.34. The number of ether oxygens (including phenoxy) is 1. The van der Waals surface area contributed by atoms with E-state index in [4.69, 9.17) is 4.74 Å². The molecule has 58 valence electrons. The van der Waals surface area contributed by atoms with Gasteiger partial charge in [0.15, 0.2) is 0 Å². The monoisotopic (exact) mass is 142 g/mol. The maximum atomic E-state index is 5.20. The molecule has 0 radical (unpaired) electrons. The summed E-state index contributed by atoms with van der Waals surface area (Å²) in [5.41, 5.74) is 0. The van der Waals surface area contributed by atoms with Gasteiger partial charge in [0.25, 0.3) is 0 Å². The molecule has 0 aromatic rings. The lowest BCUT2D eigenvalue weighted by molar-refractivity contribution is 0.0678. The molecule has 0 aromatic carbocycles. The van der Waals surface area contributed by atoms with Crippen molar-refractivity contribution in [3.05, 3.63) is 0 Å². The van der Waals surface area contributed by atoms with Crippen molar-refractivity contribution in [2.45, 2.75) is 6.92 Å². The molecule has 10 heavy (non-hydrogen) atoms. The number of hydrogen-bond acceptors (Lipinski definition) is 2. The summed E-state index contributed by atoms with van der Waals surface area (Å²) in [6, 6.07) is 0. The standard InChI is InChI=1S/C7H14N2O/c1-7(8-2)9-3-5-10-6-4-9/h3-6H2,1-2H3/b8-7+. The van der Waals surface area contributed by atoms with Crippen molar-refractivity contribution in [3.63, 3.8) is 0 Å². The summed E-state index contributed by atoms with van der Waals surface area (Å²) in [7, 11) is 1.82. The number of rotatable bonds is 0. The van der Waals surface area contributed by atoms with Crippen LogP contribution in [0.15, 0.2) is 4.99 Å². The van der Waals surface area contributed by atoms with E-state index < -0.39 is 0 Å². The van der Waals surface area contributed by atoms with E-state index in [1.165, 1.54) is 0 Å². The van der Waals surface area contributed by atoms with E-state index in [0.717, 1.165) is 32.1 Å². The molecule has 0 unspecified atom stereocenters. The molecule has 1 fully saturated rings. The second-order valence-corrected chi connectivity index (χ2v) is 2.37. The van der Waals surface area contributed by atoms with Gasteiger partial charge in [-0.2, -0.15) is 0 Å². The number of nitrogens with zero attached hydrogens (tertiary/aromatic N) is 2. The van der Waals surface area contributed by atoms with Gasteiger partial charge in [-0.1, -0.05) is 0 Å². The summed E-state index contributed by atoms with van der Waals surface area (Å²) in [5.74, 6) is 1.11. The van der Waals surface area contributed by atoms with Gasteiger partial charge in [-0.05, 0) is 6.92 Å². The Morgan fingerprint density at radius 1 is 1.40 bits per heavy atom. The highest BCUT2D eigenvalue weighted by Crippen LogP contribution is 1.97. The van der Waals surface area contributed by atoms with Crippen molar-refractivity contribution in [1.82, 2.24) is 4.90 Å². The molecule has 1 heterocycles. The van der Waals surface area contributed by atoms with E-state index >= 15 is 0 Å². The topological polar surface area (TPSA) is 24.8 Å². The molecular weight excluding hydrogens is 128 g/mol. The van der Waals surface area contributed by atoms with Crippen molar-refractivity contribution in [2.75, 3.05) is 33.4 Å². The molecular formula is C7H14N2O. The van der Waals surface area contributed by atoms with Crippen molar-refractivity contribution in [3.8, 4) is 0 Å². The van der Waals surface area contributed by atoms with Crippen LogP contribution < -0.4 is 0 Å². The minimum Gasteiger partial charge on any atom is -0.378 e. The van der Waals surface area contributed by atoms with Crippen molar-refractivity contribution >= 4 is 5.84 Å². The normalized spacial score (nSPS) is 21.4. The Morgan fingerprint density at radius 2 is 2.00 bits per heavy atom. The average Bonchev–Trinajstić information content (AvgIpc) is 2.05. The Balaban J connectivity index is 2.39. The van der Waals surface area contributed by atoms with Crippen LogP contribution in [-0.4, -0.2) is 44.1 Å². The third-order valence-electron chi connectivity index (χ3n) is 1.79. The summed E-state index contributed by atoms with van der Waals surface area (Å²) < 4.78 is 5.20. The quantitative estimate of drug-likeness (QED) is 0.360. The molecule has 0 bridgehead atoms. The smallest absolute Gasteiger partial charge is 0.0955 e. The van der Waals surface area contributed by atoms with E-state index in [0.29, 0.717) is 0 Å². The Morgan fingerprint density at radius 3 is 2.50 bits per heavy atom. The maximum Gasteiger partial charge on any atom is 0.0955 e. The first kappa shape index (κ1) is 7.54. The summed E-state index contributed by atoms with van der Waals surface area (Å²) >= 11 is 0. The van der Waals surface area contributed by atoms with Crippen LogP contribution in [0.25, 0.3) is 0 Å². The zero-order valence-electron chi connectivity index (χ0n) is 6.63. The first-order chi connectivity index (χ1) is 4.84. The van der Waals surface area contributed by atoms with Gasteiger partial charge in [0, 0.05) is 20.1 Å². The Bertz CT molecular complexity index is 128. The van der Waals surface area contributed by atoms with E-state index in [-0.39, 0.29) is 0 Å². The average molecular weight is 142 g/mol. The largest absolute Gasteiger partial charge is 0.378 e. The molecule has 0 atom stereocenters. The van der Waals surface area contributed by atoms with Crippen LogP contribution in [0.3, 0.4) is 0 Å². The highest BCUT2D eigenvalue weighted by atomic mass is 16.5. The van der Waals surface area contributed by atoms with Crippen LogP contribution in [0.5, 0.6) is 0 Å². The van der Waals surface area contributed by atoms with Gasteiger partial charge in [0.2, 0.25) is 0 Å². The van der Waals surface area contributed by atoms with Crippen LogP contribution in [-0.2, 0) is 4.74 Å². The fourth-order valence-corrected chi connectivity index (χ4v) is 1.03. The SMILES string of the molecule is C/N=C(\C)N1CCOCC1. The molecule has 1 rings (SSSR count). The van der Waals surface area contributed by atoms with E-state index in [1.54, 1.807) is 0 Å². The third kappa shape index (κ3) is 1.70. The zero-order chi connectivity index (χ0) is 7.40. The van der Waals surface area contributed by atoms with Crippen molar-refractivity contribution in [2.24, 2.45) is 4.99 Å². The van der Waals surface area contributed by atoms with Crippen LogP contribution in [0.2, 0.25) is 0 Å². The minimum atomic E-state index is 0.840. The summed E-state index contributed by atoms with van der Waals surface area (Å²) in [6.07, 6.45) is 0. The van der Waals surface area contributed by atoms with E-state index in [9.17, 15) is 0 Å². The third-order valence-corrected chi connectivity index (χ3v) is 1.79. The number of amidine groups is 1.